The standard InChI is InChI=1S/C24H31NO4/c1-16(26)28-22-14-17-10-11-24(5,29-21(17)15-20(22)23(2,3)4)12-13-27-19-8-6-18(25)7-9-19/h6-9,14-15H,10-13,25H2,1-5H3. The maximum Gasteiger partial charge on any atom is 0.308 e. The molecule has 0 spiro atoms. The molecule has 0 radical (unpaired) electrons. The van der Waals surface area contributed by atoms with Gasteiger partial charge in [-0.25, -0.2) is 0 Å². The normalized spacial score (nSPS) is 18.5. The lowest BCUT2D eigenvalue weighted by Crippen LogP contribution is -2.38. The van der Waals surface area contributed by atoms with Gasteiger partial charge in [0.25, 0.3) is 0 Å². The Kier molecular flexibility index (Phi) is 5.78. The van der Waals surface area contributed by atoms with E-state index in [0.717, 1.165) is 47.6 Å². The molecule has 156 valence electrons. The molecule has 1 heterocycles. The molecule has 0 saturated heterocycles. The van der Waals surface area contributed by atoms with E-state index >= 15 is 0 Å². The van der Waals surface area contributed by atoms with E-state index in [9.17, 15) is 4.79 Å². The number of fused-ring (bicyclic) bond motifs is 1. The summed E-state index contributed by atoms with van der Waals surface area (Å²) in [4.78, 5) is 11.5. The minimum Gasteiger partial charge on any atom is -0.493 e. The minimum atomic E-state index is -0.308. The van der Waals surface area contributed by atoms with Gasteiger partial charge in [-0.1, -0.05) is 20.8 Å². The molecule has 1 unspecified atom stereocenters. The first-order chi connectivity index (χ1) is 13.6. The Morgan fingerprint density at radius 2 is 1.90 bits per heavy atom. The summed E-state index contributed by atoms with van der Waals surface area (Å²) < 4.78 is 17.8. The summed E-state index contributed by atoms with van der Waals surface area (Å²) in [5, 5.41) is 0. The van der Waals surface area contributed by atoms with Crippen LogP contribution in [0.1, 0.15) is 58.6 Å². The van der Waals surface area contributed by atoms with Crippen molar-refractivity contribution in [3.8, 4) is 17.2 Å². The molecule has 5 heteroatoms. The van der Waals surface area contributed by atoms with Gasteiger partial charge in [-0.15, -0.1) is 0 Å². The molecule has 2 aromatic carbocycles. The van der Waals surface area contributed by atoms with Crippen LogP contribution in [0.5, 0.6) is 17.2 Å². The van der Waals surface area contributed by atoms with Crippen molar-refractivity contribution < 1.29 is 19.0 Å². The van der Waals surface area contributed by atoms with Gasteiger partial charge in [-0.3, -0.25) is 4.79 Å². The first-order valence-corrected chi connectivity index (χ1v) is 10.1. The maximum absolute atomic E-state index is 11.5. The molecule has 2 N–H and O–H groups in total. The average Bonchev–Trinajstić information content (AvgIpc) is 2.62. The number of hydrogen-bond donors (Lipinski definition) is 1. The molecule has 0 saturated carbocycles. The van der Waals surface area contributed by atoms with Crippen molar-refractivity contribution in [3.05, 3.63) is 47.5 Å². The molecule has 0 aliphatic carbocycles. The molecule has 29 heavy (non-hydrogen) atoms. The second kappa shape index (κ2) is 7.97. The lowest BCUT2D eigenvalue weighted by atomic mass is 9.83. The van der Waals surface area contributed by atoms with Crippen LogP contribution in [0.15, 0.2) is 36.4 Å². The Hall–Kier alpha value is -2.69. The number of anilines is 1. The predicted octanol–water partition coefficient (Wildman–Crippen LogP) is 5.04. The Bertz CT molecular complexity index is 883. The molecule has 3 rings (SSSR count). The van der Waals surface area contributed by atoms with Gasteiger partial charge in [-0.05, 0) is 67.1 Å². The van der Waals surface area contributed by atoms with E-state index in [-0.39, 0.29) is 17.0 Å². The average molecular weight is 398 g/mol. The highest BCUT2D eigenvalue weighted by atomic mass is 16.5. The van der Waals surface area contributed by atoms with Crippen LogP contribution < -0.4 is 19.9 Å². The monoisotopic (exact) mass is 397 g/mol. The molecule has 0 amide bonds. The number of ether oxygens (including phenoxy) is 3. The van der Waals surface area contributed by atoms with E-state index in [2.05, 4.69) is 27.7 Å². The smallest absolute Gasteiger partial charge is 0.308 e. The summed E-state index contributed by atoms with van der Waals surface area (Å²) in [6.07, 6.45) is 2.51. The van der Waals surface area contributed by atoms with Gasteiger partial charge in [-0.2, -0.15) is 0 Å². The van der Waals surface area contributed by atoms with Gasteiger partial charge in [0, 0.05) is 24.6 Å². The van der Waals surface area contributed by atoms with E-state index in [0.29, 0.717) is 12.4 Å². The molecule has 2 aromatic rings. The van der Waals surface area contributed by atoms with Gasteiger partial charge >= 0.3 is 5.97 Å². The van der Waals surface area contributed by atoms with Crippen LogP contribution in [0, 0.1) is 0 Å². The van der Waals surface area contributed by atoms with Gasteiger partial charge in [0.05, 0.1) is 6.61 Å². The fourth-order valence-electron chi connectivity index (χ4n) is 3.56. The Balaban J connectivity index is 1.74. The third-order valence-electron chi connectivity index (χ3n) is 5.28. The van der Waals surface area contributed by atoms with Crippen molar-refractivity contribution in [1.29, 1.82) is 0 Å². The first kappa shape index (κ1) is 21.0. The number of aryl methyl sites for hydroxylation is 1. The second-order valence-electron chi connectivity index (χ2n) is 9.02. The highest BCUT2D eigenvalue weighted by molar-refractivity contribution is 5.70. The van der Waals surface area contributed by atoms with Crippen molar-refractivity contribution in [1.82, 2.24) is 0 Å². The zero-order valence-electron chi connectivity index (χ0n) is 18.0. The molecule has 0 bridgehead atoms. The van der Waals surface area contributed by atoms with E-state index in [1.807, 2.05) is 36.4 Å². The first-order valence-electron chi connectivity index (χ1n) is 10.1. The topological polar surface area (TPSA) is 70.8 Å². The van der Waals surface area contributed by atoms with Crippen molar-refractivity contribution in [2.45, 2.75) is 64.9 Å². The van der Waals surface area contributed by atoms with Crippen molar-refractivity contribution in [3.63, 3.8) is 0 Å². The van der Waals surface area contributed by atoms with Gasteiger partial charge < -0.3 is 19.9 Å². The van der Waals surface area contributed by atoms with E-state index < -0.39 is 0 Å². The molecular formula is C24H31NO4. The number of rotatable bonds is 5. The number of benzene rings is 2. The number of nitrogens with two attached hydrogens (primary N) is 1. The SMILES string of the molecule is CC(=O)Oc1cc2c(cc1C(C)(C)C)OC(C)(CCOc1ccc(N)cc1)CC2. The summed E-state index contributed by atoms with van der Waals surface area (Å²) in [7, 11) is 0. The number of esters is 1. The summed E-state index contributed by atoms with van der Waals surface area (Å²) in [5.41, 5.74) is 8.00. The fraction of sp³-hybridized carbons (Fsp3) is 0.458. The van der Waals surface area contributed by atoms with Gasteiger partial charge in [0.15, 0.2) is 0 Å². The van der Waals surface area contributed by atoms with Crippen molar-refractivity contribution in [2.24, 2.45) is 0 Å². The zero-order chi connectivity index (χ0) is 21.2. The third-order valence-corrected chi connectivity index (χ3v) is 5.28. The summed E-state index contributed by atoms with van der Waals surface area (Å²) >= 11 is 0. The molecule has 1 aliphatic heterocycles. The van der Waals surface area contributed by atoms with Crippen LogP contribution >= 0.6 is 0 Å². The number of carbonyl (C=O) groups is 1. The Morgan fingerprint density at radius 3 is 2.52 bits per heavy atom. The third kappa shape index (κ3) is 5.22. The van der Waals surface area contributed by atoms with Crippen LogP contribution in [0.4, 0.5) is 5.69 Å². The van der Waals surface area contributed by atoms with Crippen LogP contribution in [0.25, 0.3) is 0 Å². The lowest BCUT2D eigenvalue weighted by Gasteiger charge is -2.37. The molecule has 1 aliphatic rings. The van der Waals surface area contributed by atoms with Crippen LogP contribution in [0.3, 0.4) is 0 Å². The summed E-state index contributed by atoms with van der Waals surface area (Å²) in [6.45, 7) is 10.4. The molecule has 0 fully saturated rings. The minimum absolute atomic E-state index is 0.171. The molecular weight excluding hydrogens is 366 g/mol. The fourth-order valence-corrected chi connectivity index (χ4v) is 3.56. The highest BCUT2D eigenvalue weighted by Crippen LogP contribution is 2.42. The summed E-state index contributed by atoms with van der Waals surface area (Å²) in [6, 6.07) is 11.4. The van der Waals surface area contributed by atoms with Crippen LogP contribution in [-0.2, 0) is 16.6 Å². The molecule has 1 atom stereocenters. The van der Waals surface area contributed by atoms with Crippen molar-refractivity contribution in [2.75, 3.05) is 12.3 Å². The largest absolute Gasteiger partial charge is 0.493 e. The van der Waals surface area contributed by atoms with E-state index in [4.69, 9.17) is 19.9 Å². The Morgan fingerprint density at radius 1 is 1.21 bits per heavy atom. The van der Waals surface area contributed by atoms with Crippen molar-refractivity contribution >= 4 is 11.7 Å². The quantitative estimate of drug-likeness (QED) is 0.435. The predicted molar refractivity (Wildman–Crippen MR) is 115 cm³/mol. The highest BCUT2D eigenvalue weighted by Gasteiger charge is 2.33. The van der Waals surface area contributed by atoms with Crippen LogP contribution in [0.2, 0.25) is 0 Å². The Labute approximate surface area is 173 Å². The second-order valence-corrected chi connectivity index (χ2v) is 9.02. The van der Waals surface area contributed by atoms with Crippen LogP contribution in [-0.4, -0.2) is 18.2 Å². The number of carbonyl (C=O) groups excluding carboxylic acids is 1. The number of hydrogen-bond acceptors (Lipinski definition) is 5. The summed E-state index contributed by atoms with van der Waals surface area (Å²) in [5.74, 6) is 1.99. The zero-order valence-corrected chi connectivity index (χ0v) is 18.0. The van der Waals surface area contributed by atoms with Gasteiger partial charge in [0.2, 0.25) is 0 Å². The maximum atomic E-state index is 11.5. The number of nitrogen functional groups attached to an aromatic ring is 1. The van der Waals surface area contributed by atoms with E-state index in [1.165, 1.54) is 6.92 Å². The molecule has 0 aromatic heterocycles. The van der Waals surface area contributed by atoms with Gasteiger partial charge in [0.1, 0.15) is 22.8 Å². The molecule has 5 nitrogen and oxygen atoms in total. The van der Waals surface area contributed by atoms with E-state index in [1.54, 1.807) is 0 Å². The lowest BCUT2D eigenvalue weighted by molar-refractivity contribution is -0.131.